The van der Waals surface area contributed by atoms with Crippen LogP contribution >= 0.6 is 0 Å². The Kier molecular flexibility index (Phi) is 3.42. The lowest BCUT2D eigenvalue weighted by Gasteiger charge is -2.37. The van der Waals surface area contributed by atoms with Crippen LogP contribution in [0.1, 0.15) is 38.2 Å². The van der Waals surface area contributed by atoms with Crippen molar-refractivity contribution in [2.75, 3.05) is 13.1 Å². The predicted molar refractivity (Wildman–Crippen MR) is 65.1 cm³/mol. The summed E-state index contributed by atoms with van der Waals surface area (Å²) in [7, 11) is 0. The van der Waals surface area contributed by atoms with Gasteiger partial charge in [0.15, 0.2) is 0 Å². The Morgan fingerprint density at radius 3 is 2.60 bits per heavy atom. The molecule has 0 bridgehead atoms. The average molecular weight is 203 g/mol. The molecule has 15 heavy (non-hydrogen) atoms. The van der Waals surface area contributed by atoms with Gasteiger partial charge in [-0.15, -0.1) is 0 Å². The van der Waals surface area contributed by atoms with E-state index in [1.807, 2.05) is 0 Å². The first-order chi connectivity index (χ1) is 7.31. The maximum Gasteiger partial charge on any atom is 0.00726 e. The zero-order chi connectivity index (χ0) is 10.7. The van der Waals surface area contributed by atoms with Crippen LogP contribution in [0, 0.1) is 0 Å². The van der Waals surface area contributed by atoms with Crippen LogP contribution in [-0.2, 0) is 0 Å². The van der Waals surface area contributed by atoms with Crippen molar-refractivity contribution < 1.29 is 0 Å². The topological polar surface area (TPSA) is 3.24 Å². The monoisotopic (exact) mass is 203 g/mol. The Labute approximate surface area is 93.1 Å². The summed E-state index contributed by atoms with van der Waals surface area (Å²) in [5.74, 6) is 0.781. The zero-order valence-electron chi connectivity index (χ0n) is 9.82. The average Bonchev–Trinajstić information content (AvgIpc) is 2.30. The van der Waals surface area contributed by atoms with E-state index >= 15 is 0 Å². The molecule has 82 valence electrons. The van der Waals surface area contributed by atoms with Crippen molar-refractivity contribution in [3.8, 4) is 0 Å². The smallest absolute Gasteiger partial charge is 0.00726 e. The van der Waals surface area contributed by atoms with Crippen molar-refractivity contribution >= 4 is 0 Å². The van der Waals surface area contributed by atoms with E-state index in [0.717, 1.165) is 12.0 Å². The SMILES string of the molecule is CCN1CC[C@@H](c2ccccc2)C[C@@H]1C. The second-order valence-electron chi connectivity index (χ2n) is 4.61. The van der Waals surface area contributed by atoms with E-state index in [9.17, 15) is 0 Å². The molecular weight excluding hydrogens is 182 g/mol. The van der Waals surface area contributed by atoms with E-state index in [4.69, 9.17) is 0 Å². The molecule has 1 nitrogen and oxygen atoms in total. The zero-order valence-corrected chi connectivity index (χ0v) is 9.82. The lowest BCUT2D eigenvalue weighted by atomic mass is 9.86. The van der Waals surface area contributed by atoms with Gasteiger partial charge in [-0.1, -0.05) is 37.3 Å². The lowest BCUT2D eigenvalue weighted by molar-refractivity contribution is 0.154. The summed E-state index contributed by atoms with van der Waals surface area (Å²) in [5, 5.41) is 0. The minimum Gasteiger partial charge on any atom is -0.301 e. The van der Waals surface area contributed by atoms with Gasteiger partial charge in [0, 0.05) is 6.04 Å². The molecule has 1 heterocycles. The quantitative estimate of drug-likeness (QED) is 0.713. The van der Waals surface area contributed by atoms with Crippen LogP contribution in [0.25, 0.3) is 0 Å². The van der Waals surface area contributed by atoms with Crippen molar-refractivity contribution in [1.82, 2.24) is 4.90 Å². The number of hydrogen-bond donors (Lipinski definition) is 0. The summed E-state index contributed by atoms with van der Waals surface area (Å²) in [6, 6.07) is 11.7. The molecule has 0 unspecified atom stereocenters. The number of nitrogens with zero attached hydrogens (tertiary/aromatic N) is 1. The molecule has 0 radical (unpaired) electrons. The predicted octanol–water partition coefficient (Wildman–Crippen LogP) is 3.27. The highest BCUT2D eigenvalue weighted by molar-refractivity contribution is 5.20. The molecule has 2 atom stereocenters. The molecular formula is C14H21N. The normalized spacial score (nSPS) is 27.9. The summed E-state index contributed by atoms with van der Waals surface area (Å²) in [4.78, 5) is 2.58. The van der Waals surface area contributed by atoms with Crippen molar-refractivity contribution in [3.05, 3.63) is 35.9 Å². The first kappa shape index (κ1) is 10.7. The fourth-order valence-corrected chi connectivity index (χ4v) is 2.72. The molecule has 1 heteroatoms. The number of piperidine rings is 1. The molecule has 0 amide bonds. The van der Waals surface area contributed by atoms with Crippen LogP contribution in [0.4, 0.5) is 0 Å². The van der Waals surface area contributed by atoms with Crippen LogP contribution in [0.2, 0.25) is 0 Å². The van der Waals surface area contributed by atoms with Gasteiger partial charge in [-0.05, 0) is 44.3 Å². The van der Waals surface area contributed by atoms with E-state index in [1.165, 1.54) is 31.5 Å². The number of rotatable bonds is 2. The van der Waals surface area contributed by atoms with Gasteiger partial charge in [0.1, 0.15) is 0 Å². The summed E-state index contributed by atoms with van der Waals surface area (Å²) in [5.41, 5.74) is 1.53. The Hall–Kier alpha value is -0.820. The molecule has 1 fully saturated rings. The van der Waals surface area contributed by atoms with E-state index in [0.29, 0.717) is 0 Å². The van der Waals surface area contributed by atoms with E-state index in [2.05, 4.69) is 49.1 Å². The van der Waals surface area contributed by atoms with Gasteiger partial charge >= 0.3 is 0 Å². The summed E-state index contributed by atoms with van der Waals surface area (Å²) in [6.45, 7) is 7.08. The maximum absolute atomic E-state index is 2.58. The van der Waals surface area contributed by atoms with Crippen molar-refractivity contribution in [1.29, 1.82) is 0 Å². The number of likely N-dealkylation sites (tertiary alicyclic amines) is 1. The Bertz CT molecular complexity index is 293. The highest BCUT2D eigenvalue weighted by atomic mass is 15.1. The van der Waals surface area contributed by atoms with Crippen molar-refractivity contribution in [2.24, 2.45) is 0 Å². The second kappa shape index (κ2) is 4.80. The van der Waals surface area contributed by atoms with Crippen LogP contribution in [0.15, 0.2) is 30.3 Å². The molecule has 0 spiro atoms. The summed E-state index contributed by atoms with van der Waals surface area (Å²) >= 11 is 0. The Balaban J connectivity index is 2.03. The highest BCUT2D eigenvalue weighted by Gasteiger charge is 2.24. The van der Waals surface area contributed by atoms with E-state index in [-0.39, 0.29) is 0 Å². The fourth-order valence-electron chi connectivity index (χ4n) is 2.72. The van der Waals surface area contributed by atoms with E-state index < -0.39 is 0 Å². The minimum absolute atomic E-state index is 0.744. The number of benzene rings is 1. The Morgan fingerprint density at radius 1 is 1.27 bits per heavy atom. The third-order valence-electron chi connectivity index (χ3n) is 3.69. The summed E-state index contributed by atoms with van der Waals surface area (Å²) in [6.07, 6.45) is 2.64. The maximum atomic E-state index is 2.58. The van der Waals surface area contributed by atoms with Crippen molar-refractivity contribution in [2.45, 2.75) is 38.6 Å². The third kappa shape index (κ3) is 2.40. The molecule has 0 aromatic heterocycles. The van der Waals surface area contributed by atoms with E-state index in [1.54, 1.807) is 0 Å². The van der Waals surface area contributed by atoms with Crippen molar-refractivity contribution in [3.63, 3.8) is 0 Å². The van der Waals surface area contributed by atoms with Gasteiger partial charge < -0.3 is 4.90 Å². The lowest BCUT2D eigenvalue weighted by Crippen LogP contribution is -2.39. The van der Waals surface area contributed by atoms with Gasteiger partial charge in [-0.3, -0.25) is 0 Å². The third-order valence-corrected chi connectivity index (χ3v) is 3.69. The first-order valence-electron chi connectivity index (χ1n) is 6.10. The van der Waals surface area contributed by atoms with Gasteiger partial charge in [0.25, 0.3) is 0 Å². The molecule has 1 aromatic carbocycles. The van der Waals surface area contributed by atoms with Crippen LogP contribution < -0.4 is 0 Å². The highest BCUT2D eigenvalue weighted by Crippen LogP contribution is 2.30. The Morgan fingerprint density at radius 2 is 2.00 bits per heavy atom. The van der Waals surface area contributed by atoms with Gasteiger partial charge in [-0.2, -0.15) is 0 Å². The number of hydrogen-bond acceptors (Lipinski definition) is 1. The molecule has 1 aliphatic rings. The van der Waals surface area contributed by atoms with Crippen LogP contribution in [-0.4, -0.2) is 24.0 Å². The molecule has 0 N–H and O–H groups in total. The molecule has 2 rings (SSSR count). The van der Waals surface area contributed by atoms with Gasteiger partial charge in [-0.25, -0.2) is 0 Å². The minimum atomic E-state index is 0.744. The molecule has 1 aromatic rings. The first-order valence-corrected chi connectivity index (χ1v) is 6.10. The molecule has 1 aliphatic heterocycles. The van der Waals surface area contributed by atoms with Gasteiger partial charge in [0.05, 0.1) is 0 Å². The largest absolute Gasteiger partial charge is 0.301 e. The van der Waals surface area contributed by atoms with Gasteiger partial charge in [0.2, 0.25) is 0 Å². The van der Waals surface area contributed by atoms with Crippen LogP contribution in [0.5, 0.6) is 0 Å². The second-order valence-corrected chi connectivity index (χ2v) is 4.61. The molecule has 1 saturated heterocycles. The molecule has 0 aliphatic carbocycles. The molecule has 0 saturated carbocycles. The standard InChI is InChI=1S/C14H21N/c1-3-15-10-9-14(11-12(15)2)13-7-5-4-6-8-13/h4-8,12,14H,3,9-11H2,1-2H3/t12-,14+/m0/s1. The summed E-state index contributed by atoms with van der Waals surface area (Å²) < 4.78 is 0. The van der Waals surface area contributed by atoms with Crippen LogP contribution in [0.3, 0.4) is 0 Å². The fraction of sp³-hybridized carbons (Fsp3) is 0.571.